The van der Waals surface area contributed by atoms with Gasteiger partial charge in [-0.1, -0.05) is 45.7 Å². The number of hydrogen-bond acceptors (Lipinski definition) is 4. The van der Waals surface area contributed by atoms with E-state index in [1.807, 2.05) is 0 Å². The van der Waals surface area contributed by atoms with Crippen molar-refractivity contribution in [1.29, 1.82) is 0 Å². The number of carboxylic acids is 2. The number of carboxylic acid groups (broad SMARTS) is 2. The zero-order valence-corrected chi connectivity index (χ0v) is 14.0. The molecule has 0 spiro atoms. The predicted molar refractivity (Wildman–Crippen MR) is 61.8 cm³/mol. The zero-order valence-electron chi connectivity index (χ0n) is 8.66. The summed E-state index contributed by atoms with van der Waals surface area (Å²) in [7, 11) is 0. The Morgan fingerprint density at radius 3 is 1.20 bits per heavy atom. The molecule has 0 aromatic carbocycles. The molecule has 0 aliphatic carbocycles. The smallest absolute Gasteiger partial charge is 0.549 e. The molecule has 0 heterocycles. The fourth-order valence-electron chi connectivity index (χ4n) is 0.333. The van der Waals surface area contributed by atoms with Gasteiger partial charge in [-0.05, 0) is 12.8 Å². The molecule has 0 aliphatic rings. The van der Waals surface area contributed by atoms with Crippen molar-refractivity contribution in [2.45, 2.75) is 36.3 Å². The van der Waals surface area contributed by atoms with Crippen molar-refractivity contribution in [3.05, 3.63) is 0 Å². The molecule has 0 amide bonds. The van der Waals surface area contributed by atoms with Crippen LogP contribution in [0.3, 0.4) is 0 Å². The number of carbonyl (C=O) groups excluding carboxylic acids is 2. The van der Waals surface area contributed by atoms with Gasteiger partial charge in [0.2, 0.25) is 0 Å². The third-order valence-electron chi connectivity index (χ3n) is 1.23. The van der Waals surface area contributed by atoms with E-state index in [-0.39, 0.29) is 37.7 Å². The summed E-state index contributed by atoms with van der Waals surface area (Å²) in [4.78, 5) is 18.6. The van der Waals surface area contributed by atoms with Crippen LogP contribution in [0.4, 0.5) is 0 Å². The van der Waals surface area contributed by atoms with Gasteiger partial charge in [-0.15, -0.1) is 0 Å². The number of aliphatic carboxylic acids is 2. The van der Waals surface area contributed by atoms with Gasteiger partial charge in [0.25, 0.3) is 0 Å². The number of carbonyl (C=O) groups is 2. The third kappa shape index (κ3) is 15.2. The second-order valence-electron chi connectivity index (χ2n) is 2.39. The Balaban J connectivity index is -0.000000180. The van der Waals surface area contributed by atoms with Crippen LogP contribution in [0.25, 0.3) is 0 Å². The van der Waals surface area contributed by atoms with Crippen LogP contribution in [0, 0.1) is 0 Å². The second kappa shape index (κ2) is 13.2. The molecule has 2 unspecified atom stereocenters. The first-order valence-electron chi connectivity index (χ1n) is 4.06. The molecule has 0 aromatic rings. The maximum Gasteiger partial charge on any atom is 2.00 e. The first kappa shape index (κ1) is 21.4. The summed E-state index contributed by atoms with van der Waals surface area (Å²) >= 11 is 5.76. The largest absolute Gasteiger partial charge is 2.00 e. The molecule has 0 saturated heterocycles. The van der Waals surface area contributed by atoms with Gasteiger partial charge < -0.3 is 19.8 Å². The number of hydrogen-bond donors (Lipinski definition) is 0. The van der Waals surface area contributed by atoms with Crippen LogP contribution in [0.2, 0.25) is 0 Å². The number of halogens is 2. The minimum atomic E-state index is -1.04. The third-order valence-corrected chi connectivity index (χ3v) is 3.27. The van der Waals surface area contributed by atoms with E-state index in [0.717, 1.165) is 0 Å². The Morgan fingerprint density at radius 1 is 1.00 bits per heavy atom. The minimum Gasteiger partial charge on any atom is -0.549 e. The van der Waals surface area contributed by atoms with Crippen molar-refractivity contribution in [2.24, 2.45) is 0 Å². The fraction of sp³-hybridized carbons (Fsp3) is 0.750. The van der Waals surface area contributed by atoms with Gasteiger partial charge in [-0.2, -0.15) is 0 Å². The molecule has 15 heavy (non-hydrogen) atoms. The van der Waals surface area contributed by atoms with Crippen LogP contribution in [0.1, 0.15) is 26.7 Å². The molecule has 0 aromatic heterocycles. The first-order valence-corrected chi connectivity index (χ1v) is 5.89. The summed E-state index contributed by atoms with van der Waals surface area (Å²) < 4.78 is 0. The Kier molecular flexibility index (Phi) is 18.9. The molecule has 0 fully saturated rings. The standard InChI is InChI=1S/2C4H7BrO2.Ca/c2*1-2-3(5)4(6)7;/h2*3H,2H2,1H3,(H,6,7);/q;;+2/p-2. The Morgan fingerprint density at radius 2 is 1.20 bits per heavy atom. The van der Waals surface area contributed by atoms with Crippen molar-refractivity contribution in [1.82, 2.24) is 0 Å². The van der Waals surface area contributed by atoms with Crippen LogP contribution in [-0.4, -0.2) is 59.3 Å². The van der Waals surface area contributed by atoms with Crippen molar-refractivity contribution in [3.63, 3.8) is 0 Å². The summed E-state index contributed by atoms with van der Waals surface area (Å²) in [5.41, 5.74) is 0. The Hall–Kier alpha value is 1.16. The van der Waals surface area contributed by atoms with Crippen molar-refractivity contribution >= 4 is 81.5 Å². The Bertz CT molecular complexity index is 169. The molecule has 4 nitrogen and oxygen atoms in total. The van der Waals surface area contributed by atoms with E-state index >= 15 is 0 Å². The van der Waals surface area contributed by atoms with Crippen LogP contribution >= 0.6 is 31.9 Å². The van der Waals surface area contributed by atoms with Gasteiger partial charge in [0.05, 0.1) is 21.6 Å². The van der Waals surface area contributed by atoms with Gasteiger partial charge in [0.15, 0.2) is 0 Å². The second-order valence-corrected chi connectivity index (χ2v) is 4.60. The van der Waals surface area contributed by atoms with Crippen LogP contribution in [0.5, 0.6) is 0 Å². The van der Waals surface area contributed by atoms with E-state index in [1.54, 1.807) is 13.8 Å². The van der Waals surface area contributed by atoms with Gasteiger partial charge in [0, 0.05) is 0 Å². The van der Waals surface area contributed by atoms with Gasteiger partial charge in [-0.25, -0.2) is 0 Å². The molecule has 0 bridgehead atoms. The predicted octanol–water partition coefficient (Wildman–Crippen LogP) is -0.561. The quantitative estimate of drug-likeness (QED) is 0.490. The van der Waals surface area contributed by atoms with Crippen LogP contribution < -0.4 is 10.2 Å². The molecule has 0 radical (unpaired) electrons. The first-order chi connectivity index (χ1) is 6.36. The van der Waals surface area contributed by atoms with Gasteiger partial charge in [-0.3, -0.25) is 0 Å². The van der Waals surface area contributed by atoms with E-state index in [0.29, 0.717) is 12.8 Å². The summed E-state index contributed by atoms with van der Waals surface area (Å²) in [5, 5.41) is 19.5. The van der Waals surface area contributed by atoms with Crippen molar-refractivity contribution in [3.8, 4) is 0 Å². The summed E-state index contributed by atoms with van der Waals surface area (Å²) in [6.07, 6.45) is 1.14. The summed E-state index contributed by atoms with van der Waals surface area (Å²) in [6, 6.07) is 0. The number of alkyl halides is 2. The van der Waals surface area contributed by atoms with E-state index in [1.165, 1.54) is 0 Å². The van der Waals surface area contributed by atoms with Crippen LogP contribution in [0.15, 0.2) is 0 Å². The fourth-order valence-corrected chi connectivity index (χ4v) is 0.333. The summed E-state index contributed by atoms with van der Waals surface area (Å²) in [6.45, 7) is 3.55. The van der Waals surface area contributed by atoms with Gasteiger partial charge >= 0.3 is 37.7 Å². The Labute approximate surface area is 136 Å². The normalized spacial score (nSPS) is 12.5. The molecule has 0 saturated carbocycles. The molecular weight excluding hydrogens is 360 g/mol. The average Bonchev–Trinajstić information content (AvgIpc) is 2.15. The molecule has 0 rings (SSSR count). The molecule has 84 valence electrons. The van der Waals surface area contributed by atoms with E-state index < -0.39 is 21.6 Å². The van der Waals surface area contributed by atoms with E-state index in [4.69, 9.17) is 0 Å². The van der Waals surface area contributed by atoms with E-state index in [2.05, 4.69) is 31.9 Å². The minimum absolute atomic E-state index is 0. The van der Waals surface area contributed by atoms with Crippen molar-refractivity contribution in [2.75, 3.05) is 0 Å². The maximum absolute atomic E-state index is 9.77. The van der Waals surface area contributed by atoms with Crippen molar-refractivity contribution < 1.29 is 19.8 Å². The molecule has 0 aliphatic heterocycles. The van der Waals surface area contributed by atoms with E-state index in [9.17, 15) is 19.8 Å². The summed E-state index contributed by atoms with van der Waals surface area (Å²) in [5.74, 6) is -2.08. The SMILES string of the molecule is CCC(Br)C(=O)[O-].CCC(Br)C(=O)[O-].[Ca+2]. The zero-order chi connectivity index (χ0) is 11.7. The molecular formula is C8H12Br2CaO4. The van der Waals surface area contributed by atoms with Crippen LogP contribution in [-0.2, 0) is 9.59 Å². The monoisotopic (exact) mass is 370 g/mol. The van der Waals surface area contributed by atoms with Gasteiger partial charge in [0.1, 0.15) is 0 Å². The molecule has 7 heteroatoms. The maximum atomic E-state index is 9.77. The molecule has 2 atom stereocenters. The average molecular weight is 372 g/mol. The topological polar surface area (TPSA) is 80.3 Å². The molecule has 0 N–H and O–H groups in total. The number of rotatable bonds is 4.